The van der Waals surface area contributed by atoms with Gasteiger partial charge in [-0.3, -0.25) is 9.59 Å². The first-order valence-corrected chi connectivity index (χ1v) is 9.62. The summed E-state index contributed by atoms with van der Waals surface area (Å²) in [7, 11) is -0.849. The van der Waals surface area contributed by atoms with Crippen molar-refractivity contribution in [3.05, 3.63) is 29.8 Å². The molecule has 3 N–H and O–H groups in total. The Morgan fingerprint density at radius 2 is 1.85 bits per heavy atom. The molecular weight excluding hydrogens is 358 g/mol. The van der Waals surface area contributed by atoms with E-state index < -0.39 is 27.4 Å². The Kier molecular flexibility index (Phi) is 7.31. The molecule has 0 radical (unpaired) electrons. The number of carbonyl (C=O) groups excluding carboxylic acids is 2. The van der Waals surface area contributed by atoms with Gasteiger partial charge in [0.15, 0.2) is 0 Å². The fourth-order valence-electron chi connectivity index (χ4n) is 1.82. The summed E-state index contributed by atoms with van der Waals surface area (Å²) in [6, 6.07) is 5.58. The van der Waals surface area contributed by atoms with Crippen LogP contribution in [0.2, 0.25) is 0 Å². The Balaban J connectivity index is 2.68. The van der Waals surface area contributed by atoms with E-state index in [0.29, 0.717) is 0 Å². The Labute approximate surface area is 154 Å². The van der Waals surface area contributed by atoms with Crippen LogP contribution in [0.5, 0.6) is 0 Å². The second-order valence-electron chi connectivity index (χ2n) is 6.79. The quantitative estimate of drug-likeness (QED) is 0.591. The number of aliphatic hydroxyl groups is 1. The molecule has 0 aromatic heterocycles. The predicted molar refractivity (Wildman–Crippen MR) is 98.1 cm³/mol. The van der Waals surface area contributed by atoms with Crippen LogP contribution in [0.1, 0.15) is 31.1 Å². The van der Waals surface area contributed by atoms with Crippen molar-refractivity contribution in [3.8, 4) is 0 Å². The molecule has 8 nitrogen and oxygen atoms in total. The Hall–Kier alpha value is -1.97. The third-order valence-corrected chi connectivity index (χ3v) is 5.98. The van der Waals surface area contributed by atoms with Gasteiger partial charge in [0.05, 0.1) is 17.0 Å². The zero-order chi connectivity index (χ0) is 20.1. The van der Waals surface area contributed by atoms with Crippen molar-refractivity contribution in [1.29, 1.82) is 0 Å². The van der Waals surface area contributed by atoms with Crippen LogP contribution in [-0.2, 0) is 14.8 Å². The lowest BCUT2D eigenvalue weighted by Crippen LogP contribution is -2.47. The highest BCUT2D eigenvalue weighted by Crippen LogP contribution is 2.15. The molecule has 0 heterocycles. The summed E-state index contributed by atoms with van der Waals surface area (Å²) in [6.07, 6.45) is 0. The van der Waals surface area contributed by atoms with Crippen molar-refractivity contribution in [2.24, 2.45) is 5.92 Å². The number of benzene rings is 1. The molecule has 0 saturated heterocycles. The summed E-state index contributed by atoms with van der Waals surface area (Å²) in [4.78, 5) is 24.0. The van der Waals surface area contributed by atoms with E-state index in [-0.39, 0.29) is 29.5 Å². The number of nitrogens with zero attached hydrogens (tertiary/aromatic N) is 1. The zero-order valence-corrected chi connectivity index (χ0v) is 16.6. The van der Waals surface area contributed by atoms with Crippen molar-refractivity contribution < 1.29 is 23.1 Å². The lowest BCUT2D eigenvalue weighted by molar-refractivity contribution is -0.121. The first-order valence-electron chi connectivity index (χ1n) is 8.18. The van der Waals surface area contributed by atoms with Gasteiger partial charge in [-0.2, -0.15) is 0 Å². The molecule has 0 saturated carbocycles. The molecule has 2 amide bonds. The van der Waals surface area contributed by atoms with E-state index in [1.807, 2.05) is 13.8 Å². The summed E-state index contributed by atoms with van der Waals surface area (Å²) in [5, 5.41) is 15.1. The Bertz CT molecular complexity index is 757. The van der Waals surface area contributed by atoms with Crippen LogP contribution in [-0.4, -0.2) is 62.4 Å². The minimum absolute atomic E-state index is 0.00687. The Morgan fingerprint density at radius 1 is 1.23 bits per heavy atom. The van der Waals surface area contributed by atoms with Crippen LogP contribution in [0.4, 0.5) is 0 Å². The van der Waals surface area contributed by atoms with E-state index in [1.165, 1.54) is 38.4 Å². The van der Waals surface area contributed by atoms with Crippen molar-refractivity contribution in [2.75, 3.05) is 27.2 Å². The van der Waals surface area contributed by atoms with E-state index in [2.05, 4.69) is 10.6 Å². The maximum Gasteiger partial charge on any atom is 0.251 e. The summed E-state index contributed by atoms with van der Waals surface area (Å²) in [5.41, 5.74) is -0.913. The second kappa shape index (κ2) is 8.61. The van der Waals surface area contributed by atoms with Gasteiger partial charge in [-0.15, -0.1) is 0 Å². The minimum Gasteiger partial charge on any atom is -0.388 e. The molecule has 9 heteroatoms. The standard InChI is InChI=1S/C17H27N3O5S/c1-12(2)17(3,23)11-19-15(21)10-18-16(22)13-7-6-8-14(9-13)26(24,25)20(4)5/h6-9,12,23H,10-11H2,1-5H3,(H,18,22)(H,19,21). The molecule has 1 rings (SSSR count). The summed E-state index contributed by atoms with van der Waals surface area (Å²) >= 11 is 0. The fourth-order valence-corrected chi connectivity index (χ4v) is 2.76. The maximum atomic E-state index is 12.2. The highest BCUT2D eigenvalue weighted by atomic mass is 32.2. The van der Waals surface area contributed by atoms with Crippen LogP contribution in [0.15, 0.2) is 29.2 Å². The number of hydrogen-bond acceptors (Lipinski definition) is 5. The predicted octanol–water partition coefficient (Wildman–Crippen LogP) is 0.190. The van der Waals surface area contributed by atoms with E-state index in [9.17, 15) is 23.1 Å². The molecule has 26 heavy (non-hydrogen) atoms. The number of nitrogens with one attached hydrogen (secondary N) is 2. The lowest BCUT2D eigenvalue weighted by atomic mass is 9.92. The highest BCUT2D eigenvalue weighted by Gasteiger charge is 2.25. The van der Waals surface area contributed by atoms with Crippen molar-refractivity contribution in [2.45, 2.75) is 31.3 Å². The maximum absolute atomic E-state index is 12.2. The topological polar surface area (TPSA) is 116 Å². The summed E-state index contributed by atoms with van der Waals surface area (Å²) < 4.78 is 25.3. The number of rotatable bonds is 8. The van der Waals surface area contributed by atoms with E-state index in [0.717, 1.165) is 4.31 Å². The Morgan fingerprint density at radius 3 is 2.38 bits per heavy atom. The third kappa shape index (κ3) is 5.79. The summed E-state index contributed by atoms with van der Waals surface area (Å²) in [6.45, 7) is 5.08. The molecule has 0 spiro atoms. The van der Waals surface area contributed by atoms with Gasteiger partial charge in [0, 0.05) is 26.2 Å². The molecule has 1 aromatic carbocycles. The van der Waals surface area contributed by atoms with Gasteiger partial charge in [-0.25, -0.2) is 12.7 Å². The molecule has 1 atom stereocenters. The third-order valence-electron chi connectivity index (χ3n) is 4.17. The number of carbonyl (C=O) groups is 2. The first-order chi connectivity index (χ1) is 11.9. The molecular formula is C17H27N3O5S. The first kappa shape index (κ1) is 22.1. The number of hydrogen-bond donors (Lipinski definition) is 3. The number of amides is 2. The summed E-state index contributed by atoms with van der Waals surface area (Å²) in [5.74, 6) is -1.05. The van der Waals surface area contributed by atoms with Crippen LogP contribution < -0.4 is 10.6 Å². The molecule has 0 aliphatic rings. The highest BCUT2D eigenvalue weighted by molar-refractivity contribution is 7.89. The average Bonchev–Trinajstić information content (AvgIpc) is 2.57. The van der Waals surface area contributed by atoms with E-state index in [4.69, 9.17) is 0 Å². The zero-order valence-electron chi connectivity index (χ0n) is 15.7. The molecule has 0 bridgehead atoms. The molecule has 1 unspecified atom stereocenters. The molecule has 0 aliphatic carbocycles. The largest absolute Gasteiger partial charge is 0.388 e. The van der Waals surface area contributed by atoms with Crippen LogP contribution in [0.25, 0.3) is 0 Å². The normalized spacial score (nSPS) is 14.2. The molecule has 0 aliphatic heterocycles. The van der Waals surface area contributed by atoms with Crippen LogP contribution >= 0.6 is 0 Å². The second-order valence-corrected chi connectivity index (χ2v) is 8.94. The van der Waals surface area contributed by atoms with Gasteiger partial charge < -0.3 is 15.7 Å². The van der Waals surface area contributed by atoms with Crippen molar-refractivity contribution in [3.63, 3.8) is 0 Å². The van der Waals surface area contributed by atoms with E-state index in [1.54, 1.807) is 6.92 Å². The SMILES string of the molecule is CC(C)C(C)(O)CNC(=O)CNC(=O)c1cccc(S(=O)(=O)N(C)C)c1. The molecule has 146 valence electrons. The van der Waals surface area contributed by atoms with Crippen molar-refractivity contribution in [1.82, 2.24) is 14.9 Å². The molecule has 0 fully saturated rings. The monoisotopic (exact) mass is 385 g/mol. The fraction of sp³-hybridized carbons (Fsp3) is 0.529. The van der Waals surface area contributed by atoms with Crippen molar-refractivity contribution >= 4 is 21.8 Å². The number of sulfonamides is 1. The van der Waals surface area contributed by atoms with Gasteiger partial charge in [-0.05, 0) is 31.0 Å². The average molecular weight is 385 g/mol. The van der Waals surface area contributed by atoms with Crippen LogP contribution in [0.3, 0.4) is 0 Å². The van der Waals surface area contributed by atoms with Gasteiger partial charge >= 0.3 is 0 Å². The van der Waals surface area contributed by atoms with Gasteiger partial charge in [-0.1, -0.05) is 19.9 Å². The van der Waals surface area contributed by atoms with Gasteiger partial charge in [0.2, 0.25) is 15.9 Å². The lowest BCUT2D eigenvalue weighted by Gasteiger charge is -2.27. The van der Waals surface area contributed by atoms with Crippen LogP contribution in [0, 0.1) is 5.92 Å². The molecule has 1 aromatic rings. The smallest absolute Gasteiger partial charge is 0.251 e. The van der Waals surface area contributed by atoms with Gasteiger partial charge in [0.25, 0.3) is 5.91 Å². The minimum atomic E-state index is -3.65. The van der Waals surface area contributed by atoms with E-state index >= 15 is 0 Å². The van der Waals surface area contributed by atoms with Gasteiger partial charge in [0.1, 0.15) is 0 Å².